The fraction of sp³-hybridized carbons (Fsp3) is 0.308. The normalized spacial score (nSPS) is 10.4. The van der Waals surface area contributed by atoms with Gasteiger partial charge < -0.3 is 15.6 Å². The van der Waals surface area contributed by atoms with Crippen molar-refractivity contribution in [3.63, 3.8) is 0 Å². The Bertz CT molecular complexity index is 683. The Hall–Kier alpha value is -1.67. The number of aromatic nitrogens is 2. The number of nitrogens with one attached hydrogen (secondary N) is 3. The first-order chi connectivity index (χ1) is 10.1. The monoisotopic (exact) mass is 370 g/mol. The smallest absolute Gasteiger partial charge is 0.304 e. The number of pyridine rings is 1. The molecule has 21 heavy (non-hydrogen) atoms. The van der Waals surface area contributed by atoms with Crippen LogP contribution in [0, 0.1) is 0 Å². The summed E-state index contributed by atoms with van der Waals surface area (Å²) in [6, 6.07) is 1.72. The molecule has 2 aromatic rings. The van der Waals surface area contributed by atoms with Gasteiger partial charge in [0.1, 0.15) is 5.82 Å². The fourth-order valence-electron chi connectivity index (χ4n) is 1.67. The number of rotatable bonds is 6. The van der Waals surface area contributed by atoms with Crippen LogP contribution in [0.4, 0.5) is 5.82 Å². The standard InChI is InChI=1S/C13H15BrN4O2S/c1-2-3-15-11-10(4-8(14)5-16-11)12(19)17-6-9-7-21-13(20)18-9/h4-5,7H,2-3,6H2,1H3,(H,15,16)(H,17,19)(H,18,20). The van der Waals surface area contributed by atoms with E-state index >= 15 is 0 Å². The maximum absolute atomic E-state index is 12.3. The number of nitrogens with zero attached hydrogens (tertiary/aromatic N) is 1. The van der Waals surface area contributed by atoms with Crippen LogP contribution >= 0.6 is 27.3 Å². The molecule has 8 heteroatoms. The van der Waals surface area contributed by atoms with E-state index in [4.69, 9.17) is 0 Å². The summed E-state index contributed by atoms with van der Waals surface area (Å²) in [4.78, 5) is 30.0. The molecule has 0 aromatic carbocycles. The van der Waals surface area contributed by atoms with E-state index in [1.54, 1.807) is 17.6 Å². The highest BCUT2D eigenvalue weighted by atomic mass is 79.9. The number of anilines is 1. The highest BCUT2D eigenvalue weighted by molar-refractivity contribution is 9.10. The number of thiazole rings is 1. The third-order valence-corrected chi connectivity index (χ3v) is 3.80. The highest BCUT2D eigenvalue weighted by Gasteiger charge is 2.13. The summed E-state index contributed by atoms with van der Waals surface area (Å²) in [5.41, 5.74) is 1.15. The van der Waals surface area contributed by atoms with Crippen LogP contribution in [0.5, 0.6) is 0 Å². The second-order valence-electron chi connectivity index (χ2n) is 4.33. The van der Waals surface area contributed by atoms with Gasteiger partial charge in [0, 0.05) is 28.3 Å². The molecule has 0 unspecified atom stereocenters. The average Bonchev–Trinajstić information content (AvgIpc) is 2.89. The Morgan fingerprint density at radius 2 is 2.33 bits per heavy atom. The van der Waals surface area contributed by atoms with Gasteiger partial charge in [-0.05, 0) is 28.4 Å². The first-order valence-electron chi connectivity index (χ1n) is 6.44. The SMILES string of the molecule is CCCNc1ncc(Br)cc1C(=O)NCc1csc(=O)[nH]1. The molecule has 0 atom stereocenters. The van der Waals surface area contributed by atoms with Crippen molar-refractivity contribution in [1.82, 2.24) is 15.3 Å². The largest absolute Gasteiger partial charge is 0.369 e. The van der Waals surface area contributed by atoms with Crippen molar-refractivity contribution in [3.05, 3.63) is 43.0 Å². The molecular weight excluding hydrogens is 356 g/mol. The Morgan fingerprint density at radius 1 is 1.52 bits per heavy atom. The van der Waals surface area contributed by atoms with Gasteiger partial charge in [-0.15, -0.1) is 0 Å². The number of hydrogen-bond donors (Lipinski definition) is 3. The van der Waals surface area contributed by atoms with Gasteiger partial charge >= 0.3 is 4.87 Å². The molecule has 0 saturated heterocycles. The van der Waals surface area contributed by atoms with Crippen LogP contribution in [-0.2, 0) is 6.54 Å². The summed E-state index contributed by atoms with van der Waals surface area (Å²) in [7, 11) is 0. The maximum Gasteiger partial charge on any atom is 0.304 e. The van der Waals surface area contributed by atoms with Crippen LogP contribution in [0.2, 0.25) is 0 Å². The van der Waals surface area contributed by atoms with Gasteiger partial charge in [0.25, 0.3) is 5.91 Å². The van der Waals surface area contributed by atoms with E-state index in [1.807, 2.05) is 6.92 Å². The number of carbonyl (C=O) groups is 1. The molecule has 0 saturated carbocycles. The van der Waals surface area contributed by atoms with E-state index in [0.717, 1.165) is 28.8 Å². The van der Waals surface area contributed by atoms with Crippen LogP contribution in [-0.4, -0.2) is 22.4 Å². The van der Waals surface area contributed by atoms with E-state index in [-0.39, 0.29) is 17.3 Å². The molecule has 2 rings (SSSR count). The van der Waals surface area contributed by atoms with Gasteiger partial charge in [0.2, 0.25) is 0 Å². The molecule has 0 radical (unpaired) electrons. The quantitative estimate of drug-likeness (QED) is 0.728. The summed E-state index contributed by atoms with van der Waals surface area (Å²) >= 11 is 4.39. The van der Waals surface area contributed by atoms with Gasteiger partial charge in [-0.3, -0.25) is 9.59 Å². The number of H-pyrrole nitrogens is 1. The zero-order valence-corrected chi connectivity index (χ0v) is 13.8. The van der Waals surface area contributed by atoms with Gasteiger partial charge in [-0.25, -0.2) is 4.98 Å². The summed E-state index contributed by atoms with van der Waals surface area (Å²) in [6.45, 7) is 3.06. The topological polar surface area (TPSA) is 86.9 Å². The molecule has 6 nitrogen and oxygen atoms in total. The molecule has 2 heterocycles. The lowest BCUT2D eigenvalue weighted by atomic mass is 10.2. The van der Waals surface area contributed by atoms with Crippen molar-refractivity contribution in [2.75, 3.05) is 11.9 Å². The predicted molar refractivity (Wildman–Crippen MR) is 86.8 cm³/mol. The van der Waals surface area contributed by atoms with E-state index in [0.29, 0.717) is 17.1 Å². The lowest BCUT2D eigenvalue weighted by molar-refractivity contribution is 0.0951. The van der Waals surface area contributed by atoms with E-state index in [9.17, 15) is 9.59 Å². The molecule has 2 aromatic heterocycles. The van der Waals surface area contributed by atoms with Gasteiger partial charge in [0.15, 0.2) is 0 Å². The van der Waals surface area contributed by atoms with Crippen LogP contribution < -0.4 is 15.5 Å². The zero-order chi connectivity index (χ0) is 15.2. The Kier molecular flexibility index (Phi) is 5.51. The van der Waals surface area contributed by atoms with Crippen molar-refractivity contribution in [3.8, 4) is 0 Å². The first-order valence-corrected chi connectivity index (χ1v) is 8.11. The molecule has 0 fully saturated rings. The summed E-state index contributed by atoms with van der Waals surface area (Å²) in [5.74, 6) is 0.311. The maximum atomic E-state index is 12.3. The number of aromatic amines is 1. The molecule has 0 spiro atoms. The van der Waals surface area contributed by atoms with Gasteiger partial charge in [-0.2, -0.15) is 0 Å². The molecule has 0 aliphatic rings. The van der Waals surface area contributed by atoms with Crippen molar-refractivity contribution >= 4 is 39.0 Å². The minimum Gasteiger partial charge on any atom is -0.369 e. The minimum absolute atomic E-state index is 0.131. The van der Waals surface area contributed by atoms with E-state index in [1.165, 1.54) is 0 Å². The number of hydrogen-bond acceptors (Lipinski definition) is 5. The Balaban J connectivity index is 2.09. The predicted octanol–water partition coefficient (Wildman–Crippen LogP) is 2.35. The summed E-state index contributed by atoms with van der Waals surface area (Å²) in [6.07, 6.45) is 2.58. The fourth-order valence-corrected chi connectivity index (χ4v) is 2.58. The second-order valence-corrected chi connectivity index (χ2v) is 6.09. The van der Waals surface area contributed by atoms with Gasteiger partial charge in [0.05, 0.1) is 12.1 Å². The van der Waals surface area contributed by atoms with Crippen molar-refractivity contribution in [2.24, 2.45) is 0 Å². The summed E-state index contributed by atoms with van der Waals surface area (Å²) in [5, 5.41) is 7.59. The first kappa shape index (κ1) is 15.7. The number of halogens is 1. The zero-order valence-electron chi connectivity index (χ0n) is 11.4. The average molecular weight is 371 g/mol. The molecule has 0 aliphatic heterocycles. The van der Waals surface area contributed by atoms with Gasteiger partial charge in [-0.1, -0.05) is 18.3 Å². The molecule has 0 aliphatic carbocycles. The lowest BCUT2D eigenvalue weighted by Gasteiger charge is -2.10. The molecule has 0 bridgehead atoms. The Morgan fingerprint density at radius 3 is 3.00 bits per heavy atom. The van der Waals surface area contributed by atoms with E-state index in [2.05, 4.69) is 36.5 Å². The lowest BCUT2D eigenvalue weighted by Crippen LogP contribution is -2.25. The van der Waals surface area contributed by atoms with Crippen LogP contribution in [0.3, 0.4) is 0 Å². The van der Waals surface area contributed by atoms with Crippen LogP contribution in [0.25, 0.3) is 0 Å². The van der Waals surface area contributed by atoms with Crippen LogP contribution in [0.15, 0.2) is 26.9 Å². The van der Waals surface area contributed by atoms with E-state index < -0.39 is 0 Å². The van der Waals surface area contributed by atoms with Crippen molar-refractivity contribution in [2.45, 2.75) is 19.9 Å². The molecule has 1 amide bonds. The highest BCUT2D eigenvalue weighted by Crippen LogP contribution is 2.18. The number of amides is 1. The Labute approximate surface area is 134 Å². The molecule has 112 valence electrons. The third-order valence-electron chi connectivity index (χ3n) is 2.65. The minimum atomic E-state index is -0.241. The third kappa shape index (κ3) is 4.40. The summed E-state index contributed by atoms with van der Waals surface area (Å²) < 4.78 is 0.735. The van der Waals surface area contributed by atoms with Crippen molar-refractivity contribution < 1.29 is 4.79 Å². The molecular formula is C13H15BrN4O2S. The van der Waals surface area contributed by atoms with Crippen molar-refractivity contribution in [1.29, 1.82) is 0 Å². The van der Waals surface area contributed by atoms with Crippen LogP contribution in [0.1, 0.15) is 29.4 Å². The number of carbonyl (C=O) groups excluding carboxylic acids is 1. The molecule has 3 N–H and O–H groups in total. The second kappa shape index (κ2) is 7.37.